The Kier molecular flexibility index (Phi) is 3.61. The van der Waals surface area contributed by atoms with Gasteiger partial charge in [-0.25, -0.2) is 4.98 Å². The predicted molar refractivity (Wildman–Crippen MR) is 81.0 cm³/mol. The van der Waals surface area contributed by atoms with E-state index >= 15 is 0 Å². The van der Waals surface area contributed by atoms with Gasteiger partial charge in [0.15, 0.2) is 5.65 Å². The van der Waals surface area contributed by atoms with Gasteiger partial charge in [0.25, 0.3) is 0 Å². The Hall–Kier alpha value is -1.46. The molecule has 0 aromatic carbocycles. The molecule has 1 aliphatic heterocycles. The number of fused-ring (bicyclic) bond motifs is 1. The van der Waals surface area contributed by atoms with Crippen LogP contribution in [-0.4, -0.2) is 45.8 Å². The molecule has 5 nitrogen and oxygen atoms in total. The van der Waals surface area contributed by atoms with Crippen LogP contribution in [-0.2, 0) is 4.74 Å². The summed E-state index contributed by atoms with van der Waals surface area (Å²) in [6.07, 6.45) is 8.72. The highest BCUT2D eigenvalue weighted by Crippen LogP contribution is 2.30. The first kappa shape index (κ1) is 13.2. The highest BCUT2D eigenvalue weighted by Gasteiger charge is 2.30. The van der Waals surface area contributed by atoms with Crippen LogP contribution in [0.2, 0.25) is 0 Å². The van der Waals surface area contributed by atoms with Crippen LogP contribution in [0.15, 0.2) is 18.3 Å². The molecule has 1 saturated carbocycles. The molecule has 1 N–H and O–H groups in total. The third-order valence-electron chi connectivity index (χ3n) is 4.87. The Morgan fingerprint density at radius 2 is 2.14 bits per heavy atom. The largest absolute Gasteiger partial charge is 0.369 e. The number of aromatic amines is 1. The number of morpholine rings is 1. The first-order valence-corrected chi connectivity index (χ1v) is 8.06. The summed E-state index contributed by atoms with van der Waals surface area (Å²) < 4.78 is 6.01. The zero-order valence-corrected chi connectivity index (χ0v) is 12.3. The molecule has 0 spiro atoms. The maximum Gasteiger partial charge on any atom is 0.181 e. The minimum Gasteiger partial charge on any atom is -0.369 e. The minimum atomic E-state index is 0.0925. The van der Waals surface area contributed by atoms with Crippen molar-refractivity contribution in [2.24, 2.45) is 0 Å². The van der Waals surface area contributed by atoms with Crippen molar-refractivity contribution < 1.29 is 4.74 Å². The smallest absolute Gasteiger partial charge is 0.181 e. The summed E-state index contributed by atoms with van der Waals surface area (Å²) in [5.41, 5.74) is 1.87. The van der Waals surface area contributed by atoms with Crippen LogP contribution in [0.3, 0.4) is 0 Å². The molecule has 1 unspecified atom stereocenters. The number of H-pyrrole nitrogens is 1. The van der Waals surface area contributed by atoms with Gasteiger partial charge in [-0.1, -0.05) is 19.3 Å². The third-order valence-corrected chi connectivity index (χ3v) is 4.87. The van der Waals surface area contributed by atoms with Gasteiger partial charge in [0.2, 0.25) is 0 Å². The van der Waals surface area contributed by atoms with E-state index in [0.717, 1.165) is 42.5 Å². The summed E-state index contributed by atoms with van der Waals surface area (Å²) in [6, 6.07) is 4.78. The molecular weight excluding hydrogens is 264 g/mol. The summed E-state index contributed by atoms with van der Waals surface area (Å²) in [5.74, 6) is 0. The van der Waals surface area contributed by atoms with Gasteiger partial charge in [0.1, 0.15) is 6.10 Å². The molecule has 112 valence electrons. The normalized spacial score (nSPS) is 25.4. The van der Waals surface area contributed by atoms with Gasteiger partial charge in [-0.05, 0) is 25.0 Å². The van der Waals surface area contributed by atoms with Gasteiger partial charge in [-0.2, -0.15) is 5.10 Å². The zero-order valence-electron chi connectivity index (χ0n) is 12.3. The fourth-order valence-electron chi connectivity index (χ4n) is 3.74. The monoisotopic (exact) mass is 286 g/mol. The number of rotatable bonds is 2. The van der Waals surface area contributed by atoms with Crippen molar-refractivity contribution in [1.82, 2.24) is 20.1 Å². The molecule has 0 amide bonds. The summed E-state index contributed by atoms with van der Waals surface area (Å²) in [7, 11) is 0. The van der Waals surface area contributed by atoms with Gasteiger partial charge in [-0.15, -0.1) is 0 Å². The number of hydrogen-bond donors (Lipinski definition) is 1. The van der Waals surface area contributed by atoms with E-state index < -0.39 is 0 Å². The van der Waals surface area contributed by atoms with Crippen molar-refractivity contribution in [1.29, 1.82) is 0 Å². The lowest BCUT2D eigenvalue weighted by molar-refractivity contribution is -0.0510. The van der Waals surface area contributed by atoms with Crippen molar-refractivity contribution in [3.8, 4) is 0 Å². The Bertz CT molecular complexity index is 605. The van der Waals surface area contributed by atoms with Crippen molar-refractivity contribution in [3.63, 3.8) is 0 Å². The second kappa shape index (κ2) is 5.73. The minimum absolute atomic E-state index is 0.0925. The lowest BCUT2D eigenvalue weighted by Crippen LogP contribution is -2.45. The van der Waals surface area contributed by atoms with Crippen molar-refractivity contribution in [2.45, 2.75) is 44.2 Å². The maximum atomic E-state index is 6.01. The Morgan fingerprint density at radius 3 is 3.05 bits per heavy atom. The highest BCUT2D eigenvalue weighted by atomic mass is 16.5. The van der Waals surface area contributed by atoms with E-state index in [1.54, 1.807) is 6.20 Å². The average molecular weight is 286 g/mol. The van der Waals surface area contributed by atoms with Crippen molar-refractivity contribution in [2.75, 3.05) is 19.7 Å². The second-order valence-electron chi connectivity index (χ2n) is 6.16. The average Bonchev–Trinajstić information content (AvgIpc) is 3.00. The van der Waals surface area contributed by atoms with Crippen LogP contribution in [0.25, 0.3) is 11.0 Å². The quantitative estimate of drug-likeness (QED) is 0.922. The molecular formula is C16H22N4O. The van der Waals surface area contributed by atoms with E-state index in [0.29, 0.717) is 0 Å². The first-order chi connectivity index (χ1) is 10.4. The molecule has 1 saturated heterocycles. The topological polar surface area (TPSA) is 54.0 Å². The third kappa shape index (κ3) is 2.56. The molecule has 4 rings (SSSR count). The summed E-state index contributed by atoms with van der Waals surface area (Å²) in [6.45, 7) is 2.84. The number of hydrogen-bond acceptors (Lipinski definition) is 4. The molecule has 0 bridgehead atoms. The molecule has 1 aliphatic carbocycles. The Labute approximate surface area is 124 Å². The summed E-state index contributed by atoms with van der Waals surface area (Å²) in [4.78, 5) is 6.92. The summed E-state index contributed by atoms with van der Waals surface area (Å²) in [5, 5.41) is 8.53. The van der Waals surface area contributed by atoms with Crippen LogP contribution in [0.5, 0.6) is 0 Å². The lowest BCUT2D eigenvalue weighted by atomic mass is 9.93. The van der Waals surface area contributed by atoms with Gasteiger partial charge in [0.05, 0.1) is 12.3 Å². The highest BCUT2D eigenvalue weighted by molar-refractivity contribution is 5.77. The standard InChI is InChI=1S/C16H22N4O/c1-2-5-12(6-3-1)20-9-10-21-14(11-20)15-13-7-4-8-17-16(13)19-18-15/h4,7-8,12,14H,1-3,5-6,9-11H2,(H,17,18,19). The fraction of sp³-hybridized carbons (Fsp3) is 0.625. The molecule has 5 heteroatoms. The lowest BCUT2D eigenvalue weighted by Gasteiger charge is -2.39. The Balaban J connectivity index is 1.54. The van der Waals surface area contributed by atoms with E-state index in [9.17, 15) is 0 Å². The first-order valence-electron chi connectivity index (χ1n) is 8.06. The van der Waals surface area contributed by atoms with E-state index in [1.165, 1.54) is 32.1 Å². The van der Waals surface area contributed by atoms with E-state index in [2.05, 4.69) is 26.1 Å². The summed E-state index contributed by atoms with van der Waals surface area (Å²) >= 11 is 0. The molecule has 2 aromatic rings. The maximum absolute atomic E-state index is 6.01. The van der Waals surface area contributed by atoms with Crippen LogP contribution in [0.4, 0.5) is 0 Å². The van der Waals surface area contributed by atoms with Crippen molar-refractivity contribution in [3.05, 3.63) is 24.0 Å². The van der Waals surface area contributed by atoms with Crippen LogP contribution < -0.4 is 0 Å². The fourth-order valence-corrected chi connectivity index (χ4v) is 3.74. The van der Waals surface area contributed by atoms with Gasteiger partial charge in [-0.3, -0.25) is 10.00 Å². The molecule has 2 aliphatic rings. The number of pyridine rings is 1. The number of nitrogens with one attached hydrogen (secondary N) is 1. The van der Waals surface area contributed by atoms with Crippen molar-refractivity contribution >= 4 is 11.0 Å². The van der Waals surface area contributed by atoms with Crippen LogP contribution in [0, 0.1) is 0 Å². The molecule has 3 heterocycles. The molecule has 2 fully saturated rings. The molecule has 0 radical (unpaired) electrons. The van der Waals surface area contributed by atoms with Gasteiger partial charge >= 0.3 is 0 Å². The Morgan fingerprint density at radius 1 is 1.24 bits per heavy atom. The molecule has 2 aromatic heterocycles. The number of aromatic nitrogens is 3. The van der Waals surface area contributed by atoms with E-state index in [4.69, 9.17) is 4.74 Å². The SMILES string of the molecule is c1cnc2n[nH]c(C3CN(C4CCCCC4)CCO3)c2c1. The molecule has 21 heavy (non-hydrogen) atoms. The predicted octanol–water partition coefficient (Wildman–Crippen LogP) is 2.66. The number of nitrogens with zero attached hydrogens (tertiary/aromatic N) is 3. The number of ether oxygens (including phenoxy) is 1. The van der Waals surface area contributed by atoms with E-state index in [1.807, 2.05) is 6.07 Å². The van der Waals surface area contributed by atoms with Gasteiger partial charge < -0.3 is 4.74 Å². The zero-order chi connectivity index (χ0) is 14.1. The van der Waals surface area contributed by atoms with Crippen LogP contribution in [0.1, 0.15) is 43.9 Å². The molecule has 1 atom stereocenters. The van der Waals surface area contributed by atoms with Crippen LogP contribution >= 0.6 is 0 Å². The van der Waals surface area contributed by atoms with E-state index in [-0.39, 0.29) is 6.10 Å². The van der Waals surface area contributed by atoms with Gasteiger partial charge in [0, 0.05) is 30.7 Å². The second-order valence-corrected chi connectivity index (χ2v) is 6.16.